The van der Waals surface area contributed by atoms with Gasteiger partial charge in [-0.05, 0) is 34.7 Å². The standard InChI is InChI=1S/C13H17BrClN3S/c1-3-19-8-9(2)18-12(4-5-15)17-11-6-10(14)7-16-13(11)18/h6-7,9H,3-5,8H2,1-2H3. The van der Waals surface area contributed by atoms with Crippen LogP contribution in [0.1, 0.15) is 25.7 Å². The largest absolute Gasteiger partial charge is 0.309 e. The molecule has 0 bridgehead atoms. The molecule has 0 aliphatic rings. The van der Waals surface area contributed by atoms with E-state index in [-0.39, 0.29) is 0 Å². The fraction of sp³-hybridized carbons (Fsp3) is 0.538. The van der Waals surface area contributed by atoms with Crippen LogP contribution in [0, 0.1) is 0 Å². The van der Waals surface area contributed by atoms with Crippen LogP contribution in [-0.4, -0.2) is 31.9 Å². The summed E-state index contributed by atoms with van der Waals surface area (Å²) < 4.78 is 3.19. The third kappa shape index (κ3) is 3.44. The summed E-state index contributed by atoms with van der Waals surface area (Å²) in [5.74, 6) is 3.80. The number of thioether (sulfide) groups is 1. The lowest BCUT2D eigenvalue weighted by Gasteiger charge is -2.16. The Morgan fingerprint density at radius 1 is 1.53 bits per heavy atom. The van der Waals surface area contributed by atoms with Gasteiger partial charge in [-0.1, -0.05) is 6.92 Å². The first-order valence-electron chi connectivity index (χ1n) is 6.33. The Morgan fingerprint density at radius 2 is 2.32 bits per heavy atom. The molecule has 0 saturated carbocycles. The smallest absolute Gasteiger partial charge is 0.160 e. The minimum atomic E-state index is 0.377. The third-order valence-corrected chi connectivity index (χ3v) is 4.64. The number of imidazole rings is 1. The van der Waals surface area contributed by atoms with Crippen molar-refractivity contribution < 1.29 is 0 Å². The van der Waals surface area contributed by atoms with Crippen molar-refractivity contribution in [3.63, 3.8) is 0 Å². The van der Waals surface area contributed by atoms with Gasteiger partial charge in [0.05, 0.1) is 0 Å². The van der Waals surface area contributed by atoms with E-state index in [1.165, 1.54) is 0 Å². The van der Waals surface area contributed by atoms with E-state index in [0.717, 1.165) is 39.4 Å². The zero-order valence-corrected chi connectivity index (χ0v) is 14.2. The molecule has 2 rings (SSSR count). The van der Waals surface area contributed by atoms with E-state index in [0.29, 0.717) is 11.9 Å². The van der Waals surface area contributed by atoms with Crippen molar-refractivity contribution in [1.82, 2.24) is 14.5 Å². The van der Waals surface area contributed by atoms with Gasteiger partial charge >= 0.3 is 0 Å². The van der Waals surface area contributed by atoms with Crippen LogP contribution in [0.2, 0.25) is 0 Å². The molecule has 3 nitrogen and oxygen atoms in total. The number of pyridine rings is 1. The molecule has 2 aromatic rings. The van der Waals surface area contributed by atoms with Crippen LogP contribution in [0.15, 0.2) is 16.7 Å². The number of alkyl halides is 1. The molecule has 2 aromatic heterocycles. The van der Waals surface area contributed by atoms with Crippen molar-refractivity contribution in [2.75, 3.05) is 17.4 Å². The predicted octanol–water partition coefficient (Wildman–Crippen LogP) is 4.29. The van der Waals surface area contributed by atoms with Gasteiger partial charge in [0.15, 0.2) is 5.65 Å². The zero-order chi connectivity index (χ0) is 13.8. The average Bonchev–Trinajstić information content (AvgIpc) is 2.73. The number of hydrogen-bond donors (Lipinski definition) is 0. The van der Waals surface area contributed by atoms with Gasteiger partial charge in [-0.2, -0.15) is 11.8 Å². The summed E-state index contributed by atoms with van der Waals surface area (Å²) in [5, 5.41) is 0. The number of halogens is 2. The minimum absolute atomic E-state index is 0.377. The maximum atomic E-state index is 5.89. The molecule has 0 aromatic carbocycles. The molecule has 0 spiro atoms. The van der Waals surface area contributed by atoms with Crippen molar-refractivity contribution in [2.45, 2.75) is 26.3 Å². The minimum Gasteiger partial charge on any atom is -0.309 e. The second-order valence-electron chi connectivity index (χ2n) is 4.34. The van der Waals surface area contributed by atoms with Crippen LogP contribution in [-0.2, 0) is 6.42 Å². The molecule has 0 fully saturated rings. The first kappa shape index (κ1) is 15.1. The van der Waals surface area contributed by atoms with Crippen LogP contribution in [0.3, 0.4) is 0 Å². The molecule has 0 saturated heterocycles. The van der Waals surface area contributed by atoms with Gasteiger partial charge < -0.3 is 4.57 Å². The zero-order valence-electron chi connectivity index (χ0n) is 11.1. The first-order valence-corrected chi connectivity index (χ1v) is 8.81. The van der Waals surface area contributed by atoms with E-state index in [1.807, 2.05) is 24.0 Å². The molecule has 6 heteroatoms. The van der Waals surface area contributed by atoms with E-state index in [4.69, 9.17) is 11.6 Å². The number of aromatic nitrogens is 3. The maximum Gasteiger partial charge on any atom is 0.160 e. The van der Waals surface area contributed by atoms with Crippen molar-refractivity contribution in [3.05, 3.63) is 22.6 Å². The lowest BCUT2D eigenvalue weighted by molar-refractivity contribution is 0.593. The molecule has 0 N–H and O–H groups in total. The van der Waals surface area contributed by atoms with Gasteiger partial charge in [-0.15, -0.1) is 11.6 Å². The molecule has 0 aliphatic carbocycles. The number of aryl methyl sites for hydroxylation is 1. The summed E-state index contributed by atoms with van der Waals surface area (Å²) in [5.41, 5.74) is 1.88. The molecule has 0 aliphatic heterocycles. The number of hydrogen-bond acceptors (Lipinski definition) is 3. The van der Waals surface area contributed by atoms with Crippen LogP contribution in [0.4, 0.5) is 0 Å². The van der Waals surface area contributed by atoms with Crippen molar-refractivity contribution in [2.24, 2.45) is 0 Å². The number of fused-ring (bicyclic) bond motifs is 1. The number of nitrogens with zero attached hydrogens (tertiary/aromatic N) is 3. The van der Waals surface area contributed by atoms with Crippen LogP contribution in [0.5, 0.6) is 0 Å². The fourth-order valence-corrected chi connectivity index (χ4v) is 3.31. The highest BCUT2D eigenvalue weighted by atomic mass is 79.9. The topological polar surface area (TPSA) is 30.7 Å². The second-order valence-corrected chi connectivity index (χ2v) is 6.95. The van der Waals surface area contributed by atoms with E-state index in [2.05, 4.69) is 44.3 Å². The normalized spacial score (nSPS) is 13.1. The molecule has 2 heterocycles. The highest BCUT2D eigenvalue weighted by molar-refractivity contribution is 9.10. The van der Waals surface area contributed by atoms with Gasteiger partial charge in [0, 0.05) is 34.8 Å². The van der Waals surface area contributed by atoms with Gasteiger partial charge in [0.1, 0.15) is 11.3 Å². The highest BCUT2D eigenvalue weighted by Crippen LogP contribution is 2.24. The Labute approximate surface area is 131 Å². The van der Waals surface area contributed by atoms with E-state index in [1.54, 1.807) is 0 Å². The highest BCUT2D eigenvalue weighted by Gasteiger charge is 2.16. The summed E-state index contributed by atoms with van der Waals surface area (Å²) in [4.78, 5) is 9.18. The summed E-state index contributed by atoms with van der Waals surface area (Å²) in [6, 6.07) is 2.39. The first-order chi connectivity index (χ1) is 9.17. The van der Waals surface area contributed by atoms with Crippen molar-refractivity contribution in [1.29, 1.82) is 0 Å². The molecule has 0 radical (unpaired) electrons. The van der Waals surface area contributed by atoms with Crippen LogP contribution >= 0.6 is 39.3 Å². The summed E-state index contributed by atoms with van der Waals surface area (Å²) in [6.45, 7) is 4.39. The Kier molecular flexibility index (Phi) is 5.54. The van der Waals surface area contributed by atoms with E-state index < -0.39 is 0 Å². The quantitative estimate of drug-likeness (QED) is 0.718. The van der Waals surface area contributed by atoms with Gasteiger partial charge in [-0.25, -0.2) is 9.97 Å². The van der Waals surface area contributed by atoms with Gasteiger partial charge in [0.25, 0.3) is 0 Å². The Hall–Kier alpha value is -0.260. The van der Waals surface area contributed by atoms with Crippen molar-refractivity contribution >= 4 is 50.5 Å². The van der Waals surface area contributed by atoms with Gasteiger partial charge in [0.2, 0.25) is 0 Å². The Balaban J connectivity index is 2.45. The molecule has 0 amide bonds. The summed E-state index contributed by atoms with van der Waals surface area (Å²) in [6.07, 6.45) is 2.60. The summed E-state index contributed by atoms with van der Waals surface area (Å²) in [7, 11) is 0. The monoisotopic (exact) mass is 361 g/mol. The predicted molar refractivity (Wildman–Crippen MR) is 87.4 cm³/mol. The SMILES string of the molecule is CCSCC(C)n1c(CCCl)nc2cc(Br)cnc21. The molecule has 1 atom stereocenters. The lowest BCUT2D eigenvalue weighted by atomic mass is 10.3. The molecule has 1 unspecified atom stereocenters. The van der Waals surface area contributed by atoms with Crippen LogP contribution in [0.25, 0.3) is 11.2 Å². The van der Waals surface area contributed by atoms with Crippen molar-refractivity contribution in [3.8, 4) is 0 Å². The van der Waals surface area contributed by atoms with Crippen LogP contribution < -0.4 is 0 Å². The Bertz CT molecular complexity index is 558. The second kappa shape index (κ2) is 6.95. The summed E-state index contributed by atoms with van der Waals surface area (Å²) >= 11 is 11.3. The maximum absolute atomic E-state index is 5.89. The molecule has 19 heavy (non-hydrogen) atoms. The molecule has 104 valence electrons. The van der Waals surface area contributed by atoms with Gasteiger partial charge in [-0.3, -0.25) is 0 Å². The van der Waals surface area contributed by atoms with E-state index >= 15 is 0 Å². The lowest BCUT2D eigenvalue weighted by Crippen LogP contribution is -2.13. The fourth-order valence-electron chi connectivity index (χ4n) is 2.09. The molecular formula is C13H17BrClN3S. The third-order valence-electron chi connectivity index (χ3n) is 2.89. The van der Waals surface area contributed by atoms with E-state index in [9.17, 15) is 0 Å². The Morgan fingerprint density at radius 3 is 3.00 bits per heavy atom. The molecular weight excluding hydrogens is 346 g/mol. The number of rotatable bonds is 6. The average molecular weight is 363 g/mol.